The number of methoxy groups -OCH3 is 2. The Hall–Kier alpha value is -3.65. The first-order valence-corrected chi connectivity index (χ1v) is 13.7. The first-order valence-electron chi connectivity index (χ1n) is 13.2. The summed E-state index contributed by atoms with van der Waals surface area (Å²) in [5.74, 6) is -0.774. The maximum atomic E-state index is 13.4. The van der Waals surface area contributed by atoms with Gasteiger partial charge in [-0.1, -0.05) is 53.7 Å². The summed E-state index contributed by atoms with van der Waals surface area (Å²) in [5, 5.41) is 3.86. The van der Waals surface area contributed by atoms with E-state index in [4.69, 9.17) is 25.9 Å². The van der Waals surface area contributed by atoms with E-state index in [0.29, 0.717) is 42.7 Å². The fourth-order valence-electron chi connectivity index (χ4n) is 5.77. The summed E-state index contributed by atoms with van der Waals surface area (Å²) >= 11 is 5.60. The summed E-state index contributed by atoms with van der Waals surface area (Å²) in [6.07, 6.45) is 1.61. The van der Waals surface area contributed by atoms with Gasteiger partial charge in [-0.3, -0.25) is 9.59 Å². The number of benzene rings is 3. The first-order chi connectivity index (χ1) is 19.4. The van der Waals surface area contributed by atoms with Crippen LogP contribution in [0.5, 0.6) is 0 Å². The van der Waals surface area contributed by atoms with Crippen molar-refractivity contribution in [1.29, 1.82) is 0 Å². The Labute approximate surface area is 238 Å². The van der Waals surface area contributed by atoms with E-state index < -0.39 is 11.4 Å². The maximum Gasteiger partial charge on any atom is 0.336 e. The quantitative estimate of drug-likeness (QED) is 0.133. The number of carbonyl (C=O) groups excluding carboxylic acids is 3. The molecule has 40 heavy (non-hydrogen) atoms. The lowest BCUT2D eigenvalue weighted by Crippen LogP contribution is -2.29. The number of Topliss-reactive ketones (excluding diaryl/α,β-unsaturated/α-hetero) is 1. The predicted molar refractivity (Wildman–Crippen MR) is 152 cm³/mol. The van der Waals surface area contributed by atoms with Gasteiger partial charge in [0.1, 0.15) is 5.71 Å². The normalized spacial score (nSPS) is 15.6. The molecule has 0 radical (unpaired) electrons. The Morgan fingerprint density at radius 1 is 0.875 bits per heavy atom. The van der Waals surface area contributed by atoms with Crippen LogP contribution < -0.4 is 0 Å². The highest BCUT2D eigenvalue weighted by atomic mass is 35.5. The molecule has 7 nitrogen and oxygen atoms in total. The predicted octanol–water partition coefficient (Wildman–Crippen LogP) is 5.52. The van der Waals surface area contributed by atoms with Gasteiger partial charge in [0.05, 0.1) is 6.42 Å². The number of carbonyl (C=O) groups is 3. The fourth-order valence-corrected chi connectivity index (χ4v) is 5.93. The van der Waals surface area contributed by atoms with Crippen LogP contribution in [0, 0.1) is 0 Å². The van der Waals surface area contributed by atoms with Gasteiger partial charge in [0, 0.05) is 61.8 Å². The van der Waals surface area contributed by atoms with E-state index >= 15 is 0 Å². The zero-order chi connectivity index (χ0) is 28.3. The lowest BCUT2D eigenvalue weighted by atomic mass is 9.72. The summed E-state index contributed by atoms with van der Waals surface area (Å²) in [4.78, 5) is 43.3. The van der Waals surface area contributed by atoms with Crippen molar-refractivity contribution in [2.75, 3.05) is 33.3 Å². The monoisotopic (exact) mass is 559 g/mol. The largest absolute Gasteiger partial charge is 0.385 e. The van der Waals surface area contributed by atoms with E-state index in [1.165, 1.54) is 0 Å². The molecule has 0 unspecified atom stereocenters. The van der Waals surface area contributed by atoms with Crippen molar-refractivity contribution in [3.05, 3.63) is 94.0 Å². The van der Waals surface area contributed by atoms with Crippen LogP contribution in [0.15, 0.2) is 65.8 Å². The van der Waals surface area contributed by atoms with Crippen LogP contribution in [-0.4, -0.2) is 56.6 Å². The molecule has 2 aliphatic rings. The average molecular weight is 560 g/mol. The number of alkyl halides is 1. The topological polar surface area (TPSA) is 91.3 Å². The van der Waals surface area contributed by atoms with E-state index in [9.17, 15) is 14.4 Å². The zero-order valence-corrected chi connectivity index (χ0v) is 23.3. The second kappa shape index (κ2) is 11.8. The number of rotatable bonds is 11. The third kappa shape index (κ3) is 5.01. The molecule has 5 rings (SSSR count). The molecule has 0 saturated carbocycles. The van der Waals surface area contributed by atoms with Gasteiger partial charge in [0.25, 0.3) is 0 Å². The minimum atomic E-state index is -0.582. The molecule has 8 heteroatoms. The van der Waals surface area contributed by atoms with Gasteiger partial charge >= 0.3 is 5.97 Å². The highest BCUT2D eigenvalue weighted by Crippen LogP contribution is 2.54. The second-order valence-electron chi connectivity index (χ2n) is 10.0. The molecule has 0 aliphatic heterocycles. The van der Waals surface area contributed by atoms with Crippen LogP contribution >= 0.6 is 11.6 Å². The van der Waals surface area contributed by atoms with Crippen LogP contribution in [0.3, 0.4) is 0 Å². The number of nitrogens with zero attached hydrogens (tertiary/aromatic N) is 1. The molecule has 0 bridgehead atoms. The zero-order valence-electron chi connectivity index (χ0n) is 22.5. The van der Waals surface area contributed by atoms with Gasteiger partial charge < -0.3 is 14.3 Å². The van der Waals surface area contributed by atoms with E-state index in [1.807, 2.05) is 54.6 Å². The van der Waals surface area contributed by atoms with Crippen LogP contribution in [0.2, 0.25) is 0 Å². The third-order valence-corrected chi connectivity index (χ3v) is 7.96. The van der Waals surface area contributed by atoms with Crippen LogP contribution in [0.4, 0.5) is 0 Å². The highest BCUT2D eigenvalue weighted by Gasteiger charge is 2.45. The molecule has 0 aromatic heterocycles. The first kappa shape index (κ1) is 27.9. The van der Waals surface area contributed by atoms with Crippen molar-refractivity contribution < 1.29 is 28.7 Å². The van der Waals surface area contributed by atoms with E-state index in [-0.39, 0.29) is 36.0 Å². The maximum absolute atomic E-state index is 13.4. The van der Waals surface area contributed by atoms with Crippen LogP contribution in [0.1, 0.15) is 62.2 Å². The Balaban J connectivity index is 1.62. The number of hydrogen-bond acceptors (Lipinski definition) is 7. The fraction of sp³-hybridized carbons (Fsp3) is 0.312. The molecule has 0 fully saturated rings. The standard InChI is InChI=1S/C32H30ClNO6/c1-38-14-11-32(12-15-39-2)26-16-21(30(36)20-6-4-3-5-7-20)8-9-23(26)25-19-24-22(17-27(25)32)18-28(31(24)37)34-40-29(35)10-13-33/h3-9,16-17,19H,10-15,18H2,1-2H3/b34-28-. The molecule has 0 saturated heterocycles. The number of hydrogen-bond donors (Lipinski definition) is 0. The number of oxime groups is 1. The van der Waals surface area contributed by atoms with Crippen LogP contribution in [-0.2, 0) is 30.9 Å². The molecule has 0 spiro atoms. The Morgan fingerprint density at radius 3 is 2.25 bits per heavy atom. The van der Waals surface area contributed by atoms with Gasteiger partial charge in [-0.15, -0.1) is 11.6 Å². The van der Waals surface area contributed by atoms with Gasteiger partial charge in [-0.2, -0.15) is 0 Å². The summed E-state index contributed by atoms with van der Waals surface area (Å²) in [6.45, 7) is 0.997. The summed E-state index contributed by atoms with van der Waals surface area (Å²) in [6, 6.07) is 19.0. The highest BCUT2D eigenvalue weighted by molar-refractivity contribution is 6.49. The average Bonchev–Trinajstić information content (AvgIpc) is 3.43. The third-order valence-electron chi connectivity index (χ3n) is 7.77. The summed E-state index contributed by atoms with van der Waals surface area (Å²) in [7, 11) is 3.34. The SMILES string of the molecule is COCCC1(CCOC)c2cc(C(=O)c3ccccc3)ccc2-c2cc3c(cc21)C/C(=N/OC(=O)CCCl)C3=O. The van der Waals surface area contributed by atoms with E-state index in [1.54, 1.807) is 14.2 Å². The molecular weight excluding hydrogens is 530 g/mol. The van der Waals surface area contributed by atoms with Crippen LogP contribution in [0.25, 0.3) is 11.1 Å². The molecule has 0 heterocycles. The van der Waals surface area contributed by atoms with E-state index in [2.05, 4.69) is 11.2 Å². The number of ketones is 2. The van der Waals surface area contributed by atoms with Gasteiger partial charge in [-0.25, -0.2) is 4.79 Å². The number of fused-ring (bicyclic) bond motifs is 4. The lowest BCUT2D eigenvalue weighted by molar-refractivity contribution is -0.143. The molecule has 2 aliphatic carbocycles. The molecular formula is C32H30ClNO6. The number of halogens is 1. The smallest absolute Gasteiger partial charge is 0.336 e. The Morgan fingerprint density at radius 2 is 1.57 bits per heavy atom. The molecule has 3 aromatic carbocycles. The minimum absolute atomic E-state index is 0.0147. The molecule has 0 amide bonds. The molecule has 0 atom stereocenters. The van der Waals surface area contributed by atoms with E-state index in [0.717, 1.165) is 27.8 Å². The van der Waals surface area contributed by atoms with Crippen molar-refractivity contribution in [3.63, 3.8) is 0 Å². The lowest BCUT2D eigenvalue weighted by Gasteiger charge is -2.32. The second-order valence-corrected chi connectivity index (χ2v) is 10.4. The summed E-state index contributed by atoms with van der Waals surface area (Å²) < 4.78 is 11.1. The minimum Gasteiger partial charge on any atom is -0.385 e. The van der Waals surface area contributed by atoms with Crippen molar-refractivity contribution in [2.24, 2.45) is 5.16 Å². The van der Waals surface area contributed by atoms with Gasteiger partial charge in [0.2, 0.25) is 5.78 Å². The van der Waals surface area contributed by atoms with Gasteiger partial charge in [0.15, 0.2) is 5.78 Å². The van der Waals surface area contributed by atoms with Crippen molar-refractivity contribution >= 4 is 34.8 Å². The Bertz CT molecular complexity index is 1490. The number of ether oxygens (including phenoxy) is 2. The molecule has 0 N–H and O–H groups in total. The van der Waals surface area contributed by atoms with Crippen molar-refractivity contribution in [1.82, 2.24) is 0 Å². The van der Waals surface area contributed by atoms with Crippen molar-refractivity contribution in [2.45, 2.75) is 31.1 Å². The Kier molecular flexibility index (Phi) is 8.26. The van der Waals surface area contributed by atoms with Gasteiger partial charge in [-0.05, 0) is 52.8 Å². The summed E-state index contributed by atoms with van der Waals surface area (Å²) in [5.41, 5.74) is 6.29. The van der Waals surface area contributed by atoms with Crippen molar-refractivity contribution in [3.8, 4) is 11.1 Å². The molecule has 206 valence electrons. The molecule has 3 aromatic rings.